The largest absolute Gasteiger partial charge is 0.415 e. The van der Waals surface area contributed by atoms with Crippen molar-refractivity contribution in [3.05, 3.63) is 35.9 Å². The summed E-state index contributed by atoms with van der Waals surface area (Å²) < 4.78 is 36.4. The van der Waals surface area contributed by atoms with Gasteiger partial charge in [0.05, 0.1) is 0 Å². The molecule has 0 fully saturated rings. The third-order valence-electron chi connectivity index (χ3n) is 2.28. The van der Waals surface area contributed by atoms with Gasteiger partial charge < -0.3 is 10.4 Å². The van der Waals surface area contributed by atoms with Crippen LogP contribution in [0, 0.1) is 0 Å². The first kappa shape index (κ1) is 13.0. The zero-order valence-electron chi connectivity index (χ0n) is 8.83. The molecule has 0 bridgehead atoms. The lowest BCUT2D eigenvalue weighted by Gasteiger charge is -2.22. The van der Waals surface area contributed by atoms with Crippen molar-refractivity contribution < 1.29 is 18.3 Å². The summed E-state index contributed by atoms with van der Waals surface area (Å²) in [6.07, 6.45) is -6.92. The maximum Gasteiger partial charge on any atom is 0.415 e. The molecular weight excluding hydrogens is 219 g/mol. The zero-order valence-corrected chi connectivity index (χ0v) is 8.83. The van der Waals surface area contributed by atoms with Crippen LogP contribution >= 0.6 is 0 Å². The van der Waals surface area contributed by atoms with Crippen LogP contribution in [0.2, 0.25) is 0 Å². The second kappa shape index (κ2) is 5.32. The van der Waals surface area contributed by atoms with Gasteiger partial charge in [0.2, 0.25) is 0 Å². The fraction of sp³-hybridized carbons (Fsp3) is 0.455. The molecule has 2 N–H and O–H groups in total. The Hall–Kier alpha value is -1.07. The first-order valence-corrected chi connectivity index (χ1v) is 4.93. The van der Waals surface area contributed by atoms with Crippen molar-refractivity contribution in [2.75, 3.05) is 0 Å². The highest BCUT2D eigenvalue weighted by atomic mass is 19.4. The van der Waals surface area contributed by atoms with Crippen LogP contribution in [-0.4, -0.2) is 23.4 Å². The third-order valence-corrected chi connectivity index (χ3v) is 2.28. The molecule has 0 aliphatic rings. The van der Waals surface area contributed by atoms with E-state index in [9.17, 15) is 13.2 Å². The molecule has 90 valence electrons. The van der Waals surface area contributed by atoms with E-state index in [0.29, 0.717) is 6.54 Å². The smallest absolute Gasteiger partial charge is 0.382 e. The molecule has 1 aromatic carbocycles. The van der Waals surface area contributed by atoms with Gasteiger partial charge in [-0.1, -0.05) is 30.3 Å². The molecule has 2 atom stereocenters. The van der Waals surface area contributed by atoms with Crippen LogP contribution in [0.15, 0.2) is 30.3 Å². The van der Waals surface area contributed by atoms with Gasteiger partial charge in [-0.25, -0.2) is 0 Å². The predicted molar refractivity (Wildman–Crippen MR) is 54.8 cm³/mol. The molecule has 0 saturated heterocycles. The molecule has 5 heteroatoms. The predicted octanol–water partition coefficient (Wildman–Crippen LogP) is 2.09. The summed E-state index contributed by atoms with van der Waals surface area (Å²) in [5.41, 5.74) is 0.878. The normalized spacial score (nSPS) is 15.8. The van der Waals surface area contributed by atoms with Crippen LogP contribution < -0.4 is 5.32 Å². The van der Waals surface area contributed by atoms with Gasteiger partial charge in [0.15, 0.2) is 6.10 Å². The SMILES string of the molecule is C[C@@H](NCc1ccccc1)[C@@H](O)C(F)(F)F. The molecule has 0 saturated carbocycles. The third kappa shape index (κ3) is 3.83. The van der Waals surface area contributed by atoms with Gasteiger partial charge in [-0.15, -0.1) is 0 Å². The van der Waals surface area contributed by atoms with Crippen LogP contribution in [-0.2, 0) is 6.54 Å². The maximum absolute atomic E-state index is 12.1. The van der Waals surface area contributed by atoms with Gasteiger partial charge in [0.1, 0.15) is 0 Å². The topological polar surface area (TPSA) is 32.3 Å². The number of nitrogens with one attached hydrogen (secondary N) is 1. The summed E-state index contributed by atoms with van der Waals surface area (Å²) >= 11 is 0. The highest BCUT2D eigenvalue weighted by Crippen LogP contribution is 2.22. The second-order valence-corrected chi connectivity index (χ2v) is 3.64. The van der Waals surface area contributed by atoms with Crippen molar-refractivity contribution >= 4 is 0 Å². The average Bonchev–Trinajstić information content (AvgIpc) is 2.25. The van der Waals surface area contributed by atoms with Gasteiger partial charge in [0, 0.05) is 12.6 Å². The van der Waals surface area contributed by atoms with Crippen LogP contribution in [0.4, 0.5) is 13.2 Å². The van der Waals surface area contributed by atoms with E-state index in [-0.39, 0.29) is 0 Å². The molecule has 2 nitrogen and oxygen atoms in total. The number of benzene rings is 1. The molecule has 0 aliphatic carbocycles. The standard InChI is InChI=1S/C11H14F3NO/c1-8(10(16)11(12,13)14)15-7-9-5-3-2-4-6-9/h2-6,8,10,15-16H,7H2,1H3/t8-,10-/m1/s1. The lowest BCUT2D eigenvalue weighted by Crippen LogP contribution is -2.45. The molecular formula is C11H14F3NO. The van der Waals surface area contributed by atoms with Crippen molar-refractivity contribution in [1.82, 2.24) is 5.32 Å². The van der Waals surface area contributed by atoms with E-state index in [4.69, 9.17) is 5.11 Å². The Morgan fingerprint density at radius 3 is 2.31 bits per heavy atom. The Kier molecular flexibility index (Phi) is 4.32. The fourth-order valence-corrected chi connectivity index (χ4v) is 1.27. The van der Waals surface area contributed by atoms with Crippen molar-refractivity contribution in [2.24, 2.45) is 0 Å². The minimum Gasteiger partial charge on any atom is -0.382 e. The number of rotatable bonds is 4. The molecule has 0 amide bonds. The monoisotopic (exact) mass is 233 g/mol. The van der Waals surface area contributed by atoms with Gasteiger partial charge in [-0.05, 0) is 12.5 Å². The Balaban J connectivity index is 2.44. The van der Waals surface area contributed by atoms with E-state index >= 15 is 0 Å². The van der Waals surface area contributed by atoms with Crippen molar-refractivity contribution in [1.29, 1.82) is 0 Å². The lowest BCUT2D eigenvalue weighted by molar-refractivity contribution is -0.210. The summed E-state index contributed by atoms with van der Waals surface area (Å²) in [4.78, 5) is 0. The quantitative estimate of drug-likeness (QED) is 0.834. The second-order valence-electron chi connectivity index (χ2n) is 3.64. The molecule has 1 rings (SSSR count). The number of aliphatic hydroxyl groups excluding tert-OH is 1. The van der Waals surface area contributed by atoms with E-state index in [1.807, 2.05) is 18.2 Å². The van der Waals surface area contributed by atoms with Crippen LogP contribution in [0.5, 0.6) is 0 Å². The van der Waals surface area contributed by atoms with Gasteiger partial charge in [-0.2, -0.15) is 13.2 Å². The number of alkyl halides is 3. The van der Waals surface area contributed by atoms with E-state index in [1.165, 1.54) is 6.92 Å². The van der Waals surface area contributed by atoms with Gasteiger partial charge in [-0.3, -0.25) is 0 Å². The summed E-state index contributed by atoms with van der Waals surface area (Å²) in [7, 11) is 0. The molecule has 0 radical (unpaired) electrons. The molecule has 16 heavy (non-hydrogen) atoms. The molecule has 0 aliphatic heterocycles. The first-order chi connectivity index (χ1) is 7.41. The van der Waals surface area contributed by atoms with Crippen LogP contribution in [0.25, 0.3) is 0 Å². The van der Waals surface area contributed by atoms with E-state index < -0.39 is 18.3 Å². The summed E-state index contributed by atoms with van der Waals surface area (Å²) in [6.45, 7) is 1.61. The Labute approximate surface area is 92.1 Å². The summed E-state index contributed by atoms with van der Waals surface area (Å²) in [6, 6.07) is 8.03. The summed E-state index contributed by atoms with van der Waals surface area (Å²) in [5.74, 6) is 0. The number of aliphatic hydroxyl groups is 1. The zero-order chi connectivity index (χ0) is 12.2. The average molecular weight is 233 g/mol. The van der Waals surface area contributed by atoms with E-state index in [0.717, 1.165) is 5.56 Å². The van der Waals surface area contributed by atoms with Crippen LogP contribution in [0.3, 0.4) is 0 Å². The fourth-order valence-electron chi connectivity index (χ4n) is 1.27. The van der Waals surface area contributed by atoms with E-state index in [2.05, 4.69) is 5.32 Å². The van der Waals surface area contributed by atoms with Gasteiger partial charge >= 0.3 is 6.18 Å². The molecule has 0 aromatic heterocycles. The Bertz CT molecular complexity index is 313. The maximum atomic E-state index is 12.1. The molecule has 0 unspecified atom stereocenters. The Morgan fingerprint density at radius 1 is 1.25 bits per heavy atom. The highest BCUT2D eigenvalue weighted by Gasteiger charge is 2.41. The lowest BCUT2D eigenvalue weighted by atomic mass is 10.1. The Morgan fingerprint density at radius 2 is 1.81 bits per heavy atom. The number of halogens is 3. The van der Waals surface area contributed by atoms with Crippen LogP contribution in [0.1, 0.15) is 12.5 Å². The van der Waals surface area contributed by atoms with Gasteiger partial charge in [0.25, 0.3) is 0 Å². The van der Waals surface area contributed by atoms with Crippen molar-refractivity contribution in [3.8, 4) is 0 Å². The molecule has 0 heterocycles. The first-order valence-electron chi connectivity index (χ1n) is 4.93. The molecule has 1 aromatic rings. The highest BCUT2D eigenvalue weighted by molar-refractivity contribution is 5.14. The number of hydrogen-bond donors (Lipinski definition) is 2. The molecule has 0 spiro atoms. The number of hydrogen-bond acceptors (Lipinski definition) is 2. The summed E-state index contributed by atoms with van der Waals surface area (Å²) in [5, 5.41) is 11.6. The van der Waals surface area contributed by atoms with Crippen molar-refractivity contribution in [2.45, 2.75) is 31.8 Å². The van der Waals surface area contributed by atoms with E-state index in [1.54, 1.807) is 12.1 Å². The minimum atomic E-state index is -4.58. The van der Waals surface area contributed by atoms with Crippen molar-refractivity contribution in [3.63, 3.8) is 0 Å². The minimum absolute atomic E-state index is 0.301.